The van der Waals surface area contributed by atoms with E-state index in [2.05, 4.69) is 50.3 Å². The molecule has 0 heterocycles. The van der Waals surface area contributed by atoms with Crippen molar-refractivity contribution in [1.29, 1.82) is 0 Å². The van der Waals surface area contributed by atoms with Gasteiger partial charge < -0.3 is 4.74 Å². The molecule has 0 aliphatic heterocycles. The lowest BCUT2D eigenvalue weighted by atomic mass is 9.47. The van der Waals surface area contributed by atoms with Crippen LogP contribution >= 0.6 is 12.2 Å². The summed E-state index contributed by atoms with van der Waals surface area (Å²) in [5.41, 5.74) is 3.56. The molecule has 1 aromatic carbocycles. The first-order valence-electron chi connectivity index (χ1n) is 11.4. The van der Waals surface area contributed by atoms with Gasteiger partial charge in [0.1, 0.15) is 0 Å². The molecule has 0 radical (unpaired) electrons. The van der Waals surface area contributed by atoms with Crippen molar-refractivity contribution in [3.05, 3.63) is 47.5 Å². The van der Waals surface area contributed by atoms with Crippen LogP contribution in [0.2, 0.25) is 0 Å². The number of hydrogen-bond acceptors (Lipinski definition) is 2. The van der Waals surface area contributed by atoms with E-state index in [4.69, 9.17) is 17.0 Å². The van der Waals surface area contributed by atoms with E-state index in [0.717, 1.165) is 24.4 Å². The molecule has 0 amide bonds. The molecule has 0 saturated heterocycles. The highest BCUT2D eigenvalue weighted by Crippen LogP contribution is 2.64. The number of rotatable bonds is 3. The minimum Gasteiger partial charge on any atom is -0.373 e. The summed E-state index contributed by atoms with van der Waals surface area (Å²) in [5.74, 6) is 2.37. The number of thiocarbonyl (C=S) groups is 1. The average Bonchev–Trinajstić information content (AvgIpc) is 3.02. The van der Waals surface area contributed by atoms with Gasteiger partial charge in [0, 0.05) is 10.8 Å². The summed E-state index contributed by atoms with van der Waals surface area (Å²) < 4.78 is 6.68. The monoisotopic (exact) mass is 394 g/mol. The molecule has 3 saturated carbocycles. The maximum Gasteiger partial charge on any atom is 0.0721 e. The number of benzene rings is 1. The predicted molar refractivity (Wildman–Crippen MR) is 119 cm³/mol. The van der Waals surface area contributed by atoms with E-state index in [1.54, 1.807) is 5.57 Å². The molecule has 2 heteroatoms. The van der Waals surface area contributed by atoms with Crippen LogP contribution in [0.1, 0.15) is 70.8 Å². The maximum atomic E-state index is 6.68. The molecule has 5 rings (SSSR count). The second kappa shape index (κ2) is 7.06. The highest BCUT2D eigenvalue weighted by Gasteiger charge is 2.59. The lowest BCUT2D eigenvalue weighted by Crippen LogP contribution is -2.54. The van der Waals surface area contributed by atoms with Gasteiger partial charge in [-0.1, -0.05) is 68.0 Å². The Morgan fingerprint density at radius 3 is 2.68 bits per heavy atom. The standard InChI is InChI=1S/C26H34OS/c1-25-16-15-22-20(21(25)13-14-24(25)28)12-11-19-9-6-10-23(26(19,22)2)27-17-18-7-4-3-5-8-18/h3-5,7-8,11,20-23H,6,9-10,12-17H2,1-2H3/t20-,21-,22-,23?,25-,26-/m0/s1. The Morgan fingerprint density at radius 2 is 1.86 bits per heavy atom. The Balaban J connectivity index is 1.43. The third-order valence-electron chi connectivity index (χ3n) is 9.12. The molecule has 1 aromatic rings. The summed E-state index contributed by atoms with van der Waals surface area (Å²) in [6, 6.07) is 10.7. The van der Waals surface area contributed by atoms with E-state index in [1.165, 1.54) is 61.8 Å². The van der Waals surface area contributed by atoms with Gasteiger partial charge >= 0.3 is 0 Å². The van der Waals surface area contributed by atoms with Crippen LogP contribution in [0.15, 0.2) is 42.0 Å². The van der Waals surface area contributed by atoms with Gasteiger partial charge in [0.25, 0.3) is 0 Å². The second-order valence-corrected chi connectivity index (χ2v) is 10.7. The fourth-order valence-electron chi connectivity index (χ4n) is 7.49. The Hall–Kier alpha value is -0.990. The molecule has 0 N–H and O–H groups in total. The molecule has 6 atom stereocenters. The molecule has 0 aromatic heterocycles. The number of ether oxygens (including phenoxy) is 1. The summed E-state index contributed by atoms with van der Waals surface area (Å²) >= 11 is 5.85. The van der Waals surface area contributed by atoms with Crippen molar-refractivity contribution in [2.24, 2.45) is 28.6 Å². The molecular formula is C26H34OS. The third kappa shape index (κ3) is 2.78. The zero-order chi connectivity index (χ0) is 19.4. The van der Waals surface area contributed by atoms with Crippen LogP contribution in [-0.4, -0.2) is 11.0 Å². The summed E-state index contributed by atoms with van der Waals surface area (Å²) in [6.07, 6.45) is 13.2. The Morgan fingerprint density at radius 1 is 1.04 bits per heavy atom. The van der Waals surface area contributed by atoms with Gasteiger partial charge in [-0.05, 0) is 79.5 Å². The van der Waals surface area contributed by atoms with Crippen molar-refractivity contribution < 1.29 is 4.74 Å². The zero-order valence-electron chi connectivity index (χ0n) is 17.5. The molecule has 1 unspecified atom stereocenters. The normalized spacial score (nSPS) is 42.4. The smallest absolute Gasteiger partial charge is 0.0721 e. The maximum absolute atomic E-state index is 6.68. The van der Waals surface area contributed by atoms with Crippen LogP contribution in [0.25, 0.3) is 0 Å². The van der Waals surface area contributed by atoms with Gasteiger partial charge in [-0.2, -0.15) is 0 Å². The van der Waals surface area contributed by atoms with Crippen LogP contribution in [-0.2, 0) is 11.3 Å². The topological polar surface area (TPSA) is 9.23 Å². The van der Waals surface area contributed by atoms with Gasteiger partial charge in [0.05, 0.1) is 12.7 Å². The van der Waals surface area contributed by atoms with Gasteiger partial charge in [-0.25, -0.2) is 0 Å². The molecule has 150 valence electrons. The first-order chi connectivity index (χ1) is 13.5. The molecule has 3 fully saturated rings. The molecular weight excluding hydrogens is 360 g/mol. The Labute approximate surface area is 175 Å². The molecule has 0 bridgehead atoms. The molecule has 4 aliphatic rings. The lowest BCUT2D eigenvalue weighted by Gasteiger charge is -2.58. The van der Waals surface area contributed by atoms with E-state index < -0.39 is 0 Å². The quantitative estimate of drug-likeness (QED) is 0.407. The third-order valence-corrected chi connectivity index (χ3v) is 9.79. The van der Waals surface area contributed by atoms with Gasteiger partial charge in [-0.3, -0.25) is 0 Å². The van der Waals surface area contributed by atoms with Crippen molar-refractivity contribution >= 4 is 17.1 Å². The summed E-state index contributed by atoms with van der Waals surface area (Å²) in [4.78, 5) is 1.37. The molecule has 28 heavy (non-hydrogen) atoms. The van der Waals surface area contributed by atoms with Crippen LogP contribution in [0.5, 0.6) is 0 Å². The van der Waals surface area contributed by atoms with E-state index >= 15 is 0 Å². The van der Waals surface area contributed by atoms with Crippen molar-refractivity contribution in [3.8, 4) is 0 Å². The van der Waals surface area contributed by atoms with E-state index in [-0.39, 0.29) is 5.41 Å². The SMILES string of the molecule is C[C@]12CC[C@H]3[C@@H](CC=C4CCCC(OCc5ccccc5)[C@@]43C)[C@@H]1CCC2=S. The fraction of sp³-hybridized carbons (Fsp3) is 0.654. The van der Waals surface area contributed by atoms with Gasteiger partial charge in [0.2, 0.25) is 0 Å². The van der Waals surface area contributed by atoms with E-state index in [9.17, 15) is 0 Å². The summed E-state index contributed by atoms with van der Waals surface area (Å²) in [5, 5.41) is 0. The van der Waals surface area contributed by atoms with Crippen LogP contribution in [0.4, 0.5) is 0 Å². The fourth-order valence-corrected chi connectivity index (χ4v) is 7.86. The number of fused-ring (bicyclic) bond motifs is 5. The zero-order valence-corrected chi connectivity index (χ0v) is 18.3. The average molecular weight is 395 g/mol. The van der Waals surface area contributed by atoms with E-state index in [1.807, 2.05) is 0 Å². The number of hydrogen-bond donors (Lipinski definition) is 0. The highest BCUT2D eigenvalue weighted by molar-refractivity contribution is 7.80. The minimum atomic E-state index is 0.224. The van der Waals surface area contributed by atoms with Crippen LogP contribution < -0.4 is 0 Å². The van der Waals surface area contributed by atoms with Crippen molar-refractivity contribution in [2.45, 2.75) is 77.9 Å². The van der Waals surface area contributed by atoms with Crippen molar-refractivity contribution in [2.75, 3.05) is 0 Å². The van der Waals surface area contributed by atoms with Crippen molar-refractivity contribution in [3.63, 3.8) is 0 Å². The number of allylic oxidation sites excluding steroid dienone is 1. The summed E-state index contributed by atoms with van der Waals surface area (Å²) in [7, 11) is 0. The Bertz CT molecular complexity index is 783. The van der Waals surface area contributed by atoms with Crippen LogP contribution in [0, 0.1) is 28.6 Å². The van der Waals surface area contributed by atoms with E-state index in [0.29, 0.717) is 11.5 Å². The first-order valence-corrected chi connectivity index (χ1v) is 11.8. The second-order valence-electron chi connectivity index (χ2n) is 10.2. The predicted octanol–water partition coefficient (Wildman–Crippen LogP) is 6.90. The van der Waals surface area contributed by atoms with Gasteiger partial charge in [-0.15, -0.1) is 0 Å². The Kier molecular flexibility index (Phi) is 4.79. The molecule has 4 aliphatic carbocycles. The van der Waals surface area contributed by atoms with Gasteiger partial charge in [0.15, 0.2) is 0 Å². The first kappa shape index (κ1) is 19.0. The largest absolute Gasteiger partial charge is 0.373 e. The molecule has 0 spiro atoms. The van der Waals surface area contributed by atoms with Crippen molar-refractivity contribution in [1.82, 2.24) is 0 Å². The lowest BCUT2D eigenvalue weighted by molar-refractivity contribution is -0.109. The summed E-state index contributed by atoms with van der Waals surface area (Å²) in [6.45, 7) is 5.78. The highest BCUT2D eigenvalue weighted by atomic mass is 32.1. The minimum absolute atomic E-state index is 0.224. The van der Waals surface area contributed by atoms with Crippen LogP contribution in [0.3, 0.4) is 0 Å². The molecule has 1 nitrogen and oxygen atoms in total.